The molecule has 1 aromatic carbocycles. The molecule has 0 bridgehead atoms. The minimum atomic E-state index is -0.0350. The van der Waals surface area contributed by atoms with Gasteiger partial charge in [-0.1, -0.05) is 18.2 Å². The molecular formula is C22H33ClN4O2. The summed E-state index contributed by atoms with van der Waals surface area (Å²) in [4.78, 5) is 31.7. The number of amides is 2. The topological polar surface area (TPSA) is 55.9 Å². The monoisotopic (exact) mass is 420 g/mol. The Kier molecular flexibility index (Phi) is 7.92. The second kappa shape index (κ2) is 10.4. The Labute approximate surface area is 180 Å². The van der Waals surface area contributed by atoms with Crippen LogP contribution in [0, 0.1) is 5.92 Å². The fourth-order valence-electron chi connectivity index (χ4n) is 4.81. The Bertz CT molecular complexity index is 673. The molecule has 1 atom stereocenters. The predicted molar refractivity (Wildman–Crippen MR) is 117 cm³/mol. The van der Waals surface area contributed by atoms with Crippen molar-refractivity contribution < 1.29 is 9.59 Å². The lowest BCUT2D eigenvalue weighted by atomic mass is 9.93. The van der Waals surface area contributed by atoms with Crippen LogP contribution in [0.2, 0.25) is 0 Å². The number of nitrogens with zero attached hydrogens (tertiary/aromatic N) is 3. The Hall–Kier alpha value is -1.63. The Morgan fingerprint density at radius 3 is 2.34 bits per heavy atom. The molecule has 0 radical (unpaired) electrons. The molecule has 4 rings (SSSR count). The van der Waals surface area contributed by atoms with E-state index in [0.29, 0.717) is 18.2 Å². The van der Waals surface area contributed by atoms with E-state index in [1.165, 1.54) is 12.8 Å². The van der Waals surface area contributed by atoms with Gasteiger partial charge in [-0.2, -0.15) is 0 Å². The molecule has 3 heterocycles. The van der Waals surface area contributed by atoms with E-state index in [0.717, 1.165) is 64.3 Å². The van der Waals surface area contributed by atoms with Gasteiger partial charge >= 0.3 is 0 Å². The number of halogens is 1. The molecule has 0 aliphatic carbocycles. The molecule has 1 N–H and O–H groups in total. The third kappa shape index (κ3) is 5.30. The third-order valence-electron chi connectivity index (χ3n) is 6.58. The minimum absolute atomic E-state index is 0. The average molecular weight is 421 g/mol. The number of nitrogens with one attached hydrogen (secondary N) is 1. The highest BCUT2D eigenvalue weighted by molar-refractivity contribution is 5.99. The maximum atomic E-state index is 12.9. The van der Waals surface area contributed by atoms with Crippen LogP contribution in [0.4, 0.5) is 5.69 Å². The molecule has 1 aromatic rings. The van der Waals surface area contributed by atoms with Gasteiger partial charge in [-0.25, -0.2) is 0 Å². The summed E-state index contributed by atoms with van der Waals surface area (Å²) < 4.78 is 0. The fourth-order valence-corrected chi connectivity index (χ4v) is 4.81. The SMILES string of the molecule is Cl.O=C(CCC1CCNCC1)N1CCN(C2CCN(c3ccccc3)C2=O)CC1. The number of hydrogen-bond donors (Lipinski definition) is 1. The third-order valence-corrected chi connectivity index (χ3v) is 6.58. The largest absolute Gasteiger partial charge is 0.340 e. The number of benzene rings is 1. The zero-order valence-corrected chi connectivity index (χ0v) is 17.9. The van der Waals surface area contributed by atoms with Gasteiger partial charge in [-0.15, -0.1) is 12.4 Å². The summed E-state index contributed by atoms with van der Waals surface area (Å²) in [5.74, 6) is 1.20. The molecule has 3 saturated heterocycles. The minimum Gasteiger partial charge on any atom is -0.340 e. The molecule has 3 fully saturated rings. The highest BCUT2D eigenvalue weighted by Crippen LogP contribution is 2.25. The second-order valence-corrected chi connectivity index (χ2v) is 8.28. The standard InChI is InChI=1S/C22H32N4O2.ClH/c27-21(7-6-18-8-11-23-12-9-18)25-16-14-24(15-17-25)20-10-13-26(22(20)28)19-4-2-1-3-5-19;/h1-5,18,20,23H,6-17H2;1H. The first-order valence-corrected chi connectivity index (χ1v) is 10.8. The van der Waals surface area contributed by atoms with Gasteiger partial charge in [-0.3, -0.25) is 14.5 Å². The van der Waals surface area contributed by atoms with Crippen molar-refractivity contribution in [1.29, 1.82) is 0 Å². The summed E-state index contributed by atoms with van der Waals surface area (Å²) in [6, 6.07) is 9.89. The number of carbonyl (C=O) groups is 2. The molecular weight excluding hydrogens is 388 g/mol. The smallest absolute Gasteiger partial charge is 0.244 e. The van der Waals surface area contributed by atoms with Crippen LogP contribution in [0.1, 0.15) is 32.1 Å². The highest BCUT2D eigenvalue weighted by Gasteiger charge is 2.38. The predicted octanol–water partition coefficient (Wildman–Crippen LogP) is 2.14. The molecule has 3 aliphatic heterocycles. The van der Waals surface area contributed by atoms with Gasteiger partial charge in [0, 0.05) is 44.8 Å². The van der Waals surface area contributed by atoms with E-state index in [9.17, 15) is 9.59 Å². The number of rotatable bonds is 5. The molecule has 160 valence electrons. The number of anilines is 1. The Morgan fingerprint density at radius 1 is 0.966 bits per heavy atom. The van der Waals surface area contributed by atoms with E-state index >= 15 is 0 Å². The van der Waals surface area contributed by atoms with Crippen LogP contribution < -0.4 is 10.2 Å². The summed E-state index contributed by atoms with van der Waals surface area (Å²) in [6.07, 6.45) is 4.96. The van der Waals surface area contributed by atoms with Crippen LogP contribution in [0.25, 0.3) is 0 Å². The lowest BCUT2D eigenvalue weighted by molar-refractivity contribution is -0.134. The number of carbonyl (C=O) groups excluding carboxylic acids is 2. The molecule has 1 unspecified atom stereocenters. The second-order valence-electron chi connectivity index (χ2n) is 8.28. The van der Waals surface area contributed by atoms with E-state index in [4.69, 9.17) is 0 Å². The van der Waals surface area contributed by atoms with Crippen molar-refractivity contribution >= 4 is 29.9 Å². The first-order valence-electron chi connectivity index (χ1n) is 10.8. The summed E-state index contributed by atoms with van der Waals surface area (Å²) in [6.45, 7) is 6.07. The molecule has 29 heavy (non-hydrogen) atoms. The lowest BCUT2D eigenvalue weighted by Gasteiger charge is -2.37. The van der Waals surface area contributed by atoms with Gasteiger partial charge < -0.3 is 15.1 Å². The molecule has 2 amide bonds. The van der Waals surface area contributed by atoms with E-state index in [2.05, 4.69) is 10.2 Å². The lowest BCUT2D eigenvalue weighted by Crippen LogP contribution is -2.53. The maximum absolute atomic E-state index is 12.9. The molecule has 7 heteroatoms. The fraction of sp³-hybridized carbons (Fsp3) is 0.636. The van der Waals surface area contributed by atoms with E-state index in [1.807, 2.05) is 40.1 Å². The van der Waals surface area contributed by atoms with Crippen LogP contribution in [0.15, 0.2) is 30.3 Å². The zero-order chi connectivity index (χ0) is 19.3. The molecule has 3 aliphatic rings. The zero-order valence-electron chi connectivity index (χ0n) is 17.1. The molecule has 0 spiro atoms. The van der Waals surface area contributed by atoms with Crippen molar-refractivity contribution in [2.45, 2.75) is 38.1 Å². The van der Waals surface area contributed by atoms with E-state index < -0.39 is 0 Å². The summed E-state index contributed by atoms with van der Waals surface area (Å²) >= 11 is 0. The van der Waals surface area contributed by atoms with Gasteiger partial charge in [0.15, 0.2) is 0 Å². The van der Waals surface area contributed by atoms with E-state index in [-0.39, 0.29) is 24.4 Å². The number of piperidine rings is 1. The van der Waals surface area contributed by atoms with Crippen LogP contribution in [-0.2, 0) is 9.59 Å². The number of para-hydroxylation sites is 1. The van der Waals surface area contributed by atoms with Gasteiger partial charge in [0.2, 0.25) is 11.8 Å². The van der Waals surface area contributed by atoms with Crippen molar-refractivity contribution in [3.05, 3.63) is 30.3 Å². The van der Waals surface area contributed by atoms with Crippen molar-refractivity contribution in [2.75, 3.05) is 50.7 Å². The quantitative estimate of drug-likeness (QED) is 0.792. The summed E-state index contributed by atoms with van der Waals surface area (Å²) in [5.41, 5.74) is 0.988. The molecule has 6 nitrogen and oxygen atoms in total. The highest BCUT2D eigenvalue weighted by atomic mass is 35.5. The van der Waals surface area contributed by atoms with Crippen LogP contribution in [0.5, 0.6) is 0 Å². The number of piperazine rings is 1. The van der Waals surface area contributed by atoms with Gasteiger partial charge in [-0.05, 0) is 56.8 Å². The Morgan fingerprint density at radius 2 is 1.66 bits per heavy atom. The van der Waals surface area contributed by atoms with Crippen molar-refractivity contribution in [3.8, 4) is 0 Å². The van der Waals surface area contributed by atoms with Crippen molar-refractivity contribution in [3.63, 3.8) is 0 Å². The first-order chi connectivity index (χ1) is 13.7. The van der Waals surface area contributed by atoms with Crippen LogP contribution in [0.3, 0.4) is 0 Å². The van der Waals surface area contributed by atoms with Crippen molar-refractivity contribution in [1.82, 2.24) is 15.1 Å². The molecule has 0 aromatic heterocycles. The van der Waals surface area contributed by atoms with Crippen LogP contribution in [-0.4, -0.2) is 73.5 Å². The normalized spacial score (nSPS) is 23.9. The van der Waals surface area contributed by atoms with Gasteiger partial charge in [0.05, 0.1) is 6.04 Å². The maximum Gasteiger partial charge on any atom is 0.244 e. The first kappa shape index (κ1) is 22.1. The van der Waals surface area contributed by atoms with Gasteiger partial charge in [0.25, 0.3) is 0 Å². The summed E-state index contributed by atoms with van der Waals surface area (Å²) in [7, 11) is 0. The Balaban J connectivity index is 0.00000240. The summed E-state index contributed by atoms with van der Waals surface area (Å²) in [5, 5.41) is 3.38. The van der Waals surface area contributed by atoms with E-state index in [1.54, 1.807) is 0 Å². The van der Waals surface area contributed by atoms with Gasteiger partial charge in [0.1, 0.15) is 0 Å². The average Bonchev–Trinajstić information content (AvgIpc) is 3.15. The van der Waals surface area contributed by atoms with Crippen molar-refractivity contribution in [2.24, 2.45) is 5.92 Å². The molecule has 0 saturated carbocycles. The van der Waals surface area contributed by atoms with Crippen LogP contribution >= 0.6 is 12.4 Å². The number of hydrogen-bond acceptors (Lipinski definition) is 4.